The Morgan fingerprint density at radius 2 is 2.12 bits per heavy atom. The van der Waals surface area contributed by atoms with E-state index in [1.807, 2.05) is 42.5 Å². The number of nitrogens with one attached hydrogen (secondary N) is 1. The molecular formula is C19H20N4O2S. The molecule has 2 unspecified atom stereocenters. The molecule has 2 atom stereocenters. The number of anilines is 1. The van der Waals surface area contributed by atoms with Crippen molar-refractivity contribution in [2.45, 2.75) is 30.3 Å². The third-order valence-corrected chi connectivity index (χ3v) is 6.08. The minimum absolute atomic E-state index is 0.326. The summed E-state index contributed by atoms with van der Waals surface area (Å²) < 4.78 is 12.9. The van der Waals surface area contributed by atoms with Gasteiger partial charge in [0.05, 0.1) is 27.6 Å². The normalized spacial score (nSPS) is 17.9. The number of nitrogens with zero attached hydrogens (tertiary/aromatic N) is 3. The number of fused-ring (bicyclic) bond motifs is 2. The predicted molar refractivity (Wildman–Crippen MR) is 104 cm³/mol. The molecule has 1 aliphatic heterocycles. The number of nitroso groups, excluding NO2 is 1. The van der Waals surface area contributed by atoms with Gasteiger partial charge in [-0.15, -0.1) is 0 Å². The highest BCUT2D eigenvalue weighted by Crippen LogP contribution is 2.39. The molecular weight excluding hydrogens is 348 g/mol. The van der Waals surface area contributed by atoms with Crippen LogP contribution in [0, 0.1) is 4.91 Å². The topological polar surface area (TPSA) is 78.4 Å². The average Bonchev–Trinajstić information content (AvgIpc) is 3.11. The van der Waals surface area contributed by atoms with Crippen LogP contribution in [0.25, 0.3) is 11.0 Å². The number of aromatic amines is 1. The van der Waals surface area contributed by atoms with Gasteiger partial charge in [-0.25, -0.2) is 4.98 Å². The largest absolute Gasteiger partial charge is 0.371 e. The first-order chi connectivity index (χ1) is 12.7. The Kier molecular flexibility index (Phi) is 4.55. The van der Waals surface area contributed by atoms with Crippen molar-refractivity contribution in [1.29, 1.82) is 0 Å². The first kappa shape index (κ1) is 16.9. The summed E-state index contributed by atoms with van der Waals surface area (Å²) in [5.41, 5.74) is 4.61. The zero-order chi connectivity index (χ0) is 18.1. The summed E-state index contributed by atoms with van der Waals surface area (Å²) in [5.74, 6) is 0.352. The van der Waals surface area contributed by atoms with Gasteiger partial charge in [-0.1, -0.05) is 35.5 Å². The molecule has 134 valence electrons. The third-order valence-electron chi connectivity index (χ3n) is 4.88. The second-order valence-corrected chi connectivity index (χ2v) is 7.76. The number of hydrogen-bond donors (Lipinski definition) is 1. The van der Waals surface area contributed by atoms with Gasteiger partial charge in [0.15, 0.2) is 5.16 Å². The Bertz CT molecular complexity index is 952. The van der Waals surface area contributed by atoms with Crippen LogP contribution in [0.15, 0.2) is 52.8 Å². The van der Waals surface area contributed by atoms with E-state index >= 15 is 0 Å². The van der Waals surface area contributed by atoms with Crippen LogP contribution in [-0.4, -0.2) is 27.3 Å². The number of rotatable bonds is 5. The molecule has 0 radical (unpaired) electrons. The first-order valence-corrected chi connectivity index (χ1v) is 10.1. The highest BCUT2D eigenvalue weighted by molar-refractivity contribution is 7.84. The van der Waals surface area contributed by atoms with Crippen LogP contribution in [0.1, 0.15) is 30.5 Å². The lowest BCUT2D eigenvalue weighted by Crippen LogP contribution is -2.31. The highest BCUT2D eigenvalue weighted by atomic mass is 32.2. The maximum Gasteiger partial charge on any atom is 0.197 e. The van der Waals surface area contributed by atoms with Crippen LogP contribution in [0.4, 0.5) is 5.69 Å². The van der Waals surface area contributed by atoms with Gasteiger partial charge in [-0.3, -0.25) is 4.21 Å². The van der Waals surface area contributed by atoms with Crippen molar-refractivity contribution in [3.63, 3.8) is 0 Å². The lowest BCUT2D eigenvalue weighted by atomic mass is 9.94. The monoisotopic (exact) mass is 368 g/mol. The number of H-pyrrole nitrogens is 1. The minimum atomic E-state index is -1.30. The van der Waals surface area contributed by atoms with Crippen LogP contribution in [0.2, 0.25) is 0 Å². The lowest BCUT2D eigenvalue weighted by molar-refractivity contribution is 0.595. The zero-order valence-electron chi connectivity index (χ0n) is 14.5. The number of hydrogen-bond acceptors (Lipinski definition) is 5. The predicted octanol–water partition coefficient (Wildman–Crippen LogP) is 3.91. The number of imidazole rings is 1. The summed E-state index contributed by atoms with van der Waals surface area (Å²) >= 11 is 0. The van der Waals surface area contributed by atoms with Crippen molar-refractivity contribution in [2.75, 3.05) is 18.0 Å². The molecule has 1 aromatic heterocycles. The summed E-state index contributed by atoms with van der Waals surface area (Å²) in [7, 11) is -1.30. The highest BCUT2D eigenvalue weighted by Gasteiger charge is 2.28. The van der Waals surface area contributed by atoms with Gasteiger partial charge in [-0.2, -0.15) is 4.91 Å². The van der Waals surface area contributed by atoms with Crippen molar-refractivity contribution in [3.05, 3.63) is 58.5 Å². The number of benzene rings is 2. The molecule has 2 aromatic carbocycles. The molecule has 1 N–H and O–H groups in total. The van der Waals surface area contributed by atoms with E-state index in [4.69, 9.17) is 0 Å². The molecule has 0 spiro atoms. The molecule has 4 rings (SSSR count). The van der Waals surface area contributed by atoms with Crippen molar-refractivity contribution in [2.24, 2.45) is 5.18 Å². The molecule has 0 aliphatic carbocycles. The summed E-state index contributed by atoms with van der Waals surface area (Å²) in [6.07, 6.45) is 0.723. The van der Waals surface area contributed by atoms with E-state index in [0.717, 1.165) is 47.4 Å². The van der Waals surface area contributed by atoms with Crippen LogP contribution in [0.3, 0.4) is 0 Å². The van der Waals surface area contributed by atoms with E-state index in [0.29, 0.717) is 10.9 Å². The van der Waals surface area contributed by atoms with E-state index in [2.05, 4.69) is 27.0 Å². The second-order valence-electron chi connectivity index (χ2n) is 6.39. The average molecular weight is 368 g/mol. The standard InChI is InChI=1S/C19H20N4O2S/c1-2-23-11-10-15(22-24)14-7-5-6-13(18(14)23)12-26(25)19-20-16-8-3-4-9-17(16)21-19/h3-9,15H,2,10-12H2,1H3,(H,20,21). The molecule has 0 bridgehead atoms. The Hall–Kier alpha value is -2.54. The fourth-order valence-corrected chi connectivity index (χ4v) is 4.68. The Morgan fingerprint density at radius 3 is 2.88 bits per heavy atom. The van der Waals surface area contributed by atoms with E-state index in [9.17, 15) is 9.12 Å². The van der Waals surface area contributed by atoms with Crippen LogP contribution < -0.4 is 4.90 Å². The van der Waals surface area contributed by atoms with Gasteiger partial charge >= 0.3 is 0 Å². The van der Waals surface area contributed by atoms with Gasteiger partial charge in [-0.05, 0) is 31.0 Å². The smallest absolute Gasteiger partial charge is 0.197 e. The lowest BCUT2D eigenvalue weighted by Gasteiger charge is -2.34. The summed E-state index contributed by atoms with van der Waals surface area (Å²) in [6.45, 7) is 3.71. The van der Waals surface area contributed by atoms with Crippen molar-refractivity contribution >= 4 is 27.5 Å². The molecule has 1 aliphatic rings. The molecule has 0 saturated heterocycles. The molecule has 0 amide bonds. The van der Waals surface area contributed by atoms with E-state index in [1.165, 1.54) is 0 Å². The third kappa shape index (κ3) is 2.92. The van der Waals surface area contributed by atoms with Crippen molar-refractivity contribution in [1.82, 2.24) is 9.97 Å². The van der Waals surface area contributed by atoms with E-state index in [1.54, 1.807) is 0 Å². The fraction of sp³-hybridized carbons (Fsp3) is 0.316. The van der Waals surface area contributed by atoms with Gasteiger partial charge < -0.3 is 9.88 Å². The molecule has 0 fully saturated rings. The van der Waals surface area contributed by atoms with Crippen LogP contribution >= 0.6 is 0 Å². The number of aromatic nitrogens is 2. The summed E-state index contributed by atoms with van der Waals surface area (Å²) in [6, 6.07) is 13.2. The first-order valence-electron chi connectivity index (χ1n) is 8.73. The van der Waals surface area contributed by atoms with E-state index < -0.39 is 10.8 Å². The SMILES string of the molecule is CCN1CCC(N=O)c2cccc(CS(=O)c3nc4ccccc4[nH]3)c21. The Labute approximate surface area is 154 Å². The fourth-order valence-electron chi connectivity index (χ4n) is 3.60. The Morgan fingerprint density at radius 1 is 1.27 bits per heavy atom. The van der Waals surface area contributed by atoms with Crippen LogP contribution in [0.5, 0.6) is 0 Å². The molecule has 2 heterocycles. The maximum absolute atomic E-state index is 12.9. The van der Waals surface area contributed by atoms with Gasteiger partial charge in [0.2, 0.25) is 0 Å². The quantitative estimate of drug-likeness (QED) is 0.693. The number of para-hydroxylation sites is 3. The van der Waals surface area contributed by atoms with Gasteiger partial charge in [0, 0.05) is 24.3 Å². The van der Waals surface area contributed by atoms with Crippen LogP contribution in [-0.2, 0) is 16.6 Å². The molecule has 26 heavy (non-hydrogen) atoms. The van der Waals surface area contributed by atoms with Gasteiger partial charge in [0.25, 0.3) is 0 Å². The van der Waals surface area contributed by atoms with Gasteiger partial charge in [0.1, 0.15) is 6.04 Å². The second kappa shape index (κ2) is 6.99. The molecule has 6 nitrogen and oxygen atoms in total. The van der Waals surface area contributed by atoms with Crippen molar-refractivity contribution in [3.8, 4) is 0 Å². The Balaban J connectivity index is 1.70. The van der Waals surface area contributed by atoms with Crippen molar-refractivity contribution < 1.29 is 4.21 Å². The molecule has 3 aromatic rings. The maximum atomic E-state index is 12.9. The zero-order valence-corrected chi connectivity index (χ0v) is 15.3. The van der Waals surface area contributed by atoms with E-state index in [-0.39, 0.29) is 6.04 Å². The summed E-state index contributed by atoms with van der Waals surface area (Å²) in [4.78, 5) is 21.1. The molecule has 0 saturated carbocycles. The minimum Gasteiger partial charge on any atom is -0.371 e. The summed E-state index contributed by atoms with van der Waals surface area (Å²) in [5, 5.41) is 3.77. The molecule has 7 heteroatoms.